The highest BCUT2D eigenvalue weighted by molar-refractivity contribution is 5.94. The fourth-order valence-corrected chi connectivity index (χ4v) is 3.03. The molecule has 2 aliphatic heterocycles. The highest BCUT2D eigenvalue weighted by Crippen LogP contribution is 2.42. The molecule has 0 spiro atoms. The van der Waals surface area contributed by atoms with Gasteiger partial charge in [0.1, 0.15) is 0 Å². The number of likely N-dealkylation sites (tertiary alicyclic amines) is 1. The van der Waals surface area contributed by atoms with Crippen LogP contribution in [0.4, 0.5) is 0 Å². The second-order valence-corrected chi connectivity index (χ2v) is 6.09. The van der Waals surface area contributed by atoms with Crippen LogP contribution >= 0.6 is 0 Å². The van der Waals surface area contributed by atoms with E-state index in [-0.39, 0.29) is 11.9 Å². The van der Waals surface area contributed by atoms with Gasteiger partial charge in [-0.15, -0.1) is 0 Å². The van der Waals surface area contributed by atoms with E-state index >= 15 is 0 Å². The number of ether oxygens (including phenoxy) is 2. The molecule has 3 heterocycles. The molecule has 0 saturated carbocycles. The molecule has 6 heteroatoms. The standard InChI is InChI=1S/C19H20N2O4/c1-3-4-5-7-13-12-20-19-17(14-8-6-11-21(14)2)18(13)24-15(22)9-10-16(23)25-19/h9-10,12,14H,3-4,6,8,11H2,1-2H3/b10-9+. The highest BCUT2D eigenvalue weighted by atomic mass is 16.6. The quantitative estimate of drug-likeness (QED) is 0.608. The number of rotatable bonds is 2. The third-order valence-corrected chi connectivity index (χ3v) is 4.24. The van der Waals surface area contributed by atoms with E-state index < -0.39 is 11.9 Å². The van der Waals surface area contributed by atoms with Gasteiger partial charge in [-0.25, -0.2) is 14.6 Å². The third kappa shape index (κ3) is 3.72. The van der Waals surface area contributed by atoms with Gasteiger partial charge in [0.25, 0.3) is 0 Å². The smallest absolute Gasteiger partial charge is 0.337 e. The molecule has 6 nitrogen and oxygen atoms in total. The molecule has 0 N–H and O–H groups in total. The summed E-state index contributed by atoms with van der Waals surface area (Å²) in [6.07, 6.45) is 7.15. The molecule has 130 valence electrons. The molecule has 1 aromatic rings. The predicted molar refractivity (Wildman–Crippen MR) is 91.0 cm³/mol. The lowest BCUT2D eigenvalue weighted by atomic mass is 10.0. The fourth-order valence-electron chi connectivity index (χ4n) is 3.03. The predicted octanol–water partition coefficient (Wildman–Crippen LogP) is 2.38. The summed E-state index contributed by atoms with van der Waals surface area (Å²) >= 11 is 0. The Morgan fingerprint density at radius 3 is 2.72 bits per heavy atom. The van der Waals surface area contributed by atoms with E-state index in [1.54, 1.807) is 0 Å². The zero-order chi connectivity index (χ0) is 17.8. The number of unbranched alkanes of at least 4 members (excludes halogenated alkanes) is 1. The number of hydrogen-bond acceptors (Lipinski definition) is 6. The van der Waals surface area contributed by atoms with Gasteiger partial charge < -0.3 is 9.47 Å². The topological polar surface area (TPSA) is 68.7 Å². The first-order valence-corrected chi connectivity index (χ1v) is 8.44. The second kappa shape index (κ2) is 7.49. The Labute approximate surface area is 146 Å². The summed E-state index contributed by atoms with van der Waals surface area (Å²) in [6, 6.07) is -0.0378. The SMILES string of the molecule is CCCC#Cc1cnc2c(C3CCCN3C)c1OC(=O)/C=C/C(=O)O2. The average molecular weight is 340 g/mol. The lowest BCUT2D eigenvalue weighted by Gasteiger charge is -2.23. The van der Waals surface area contributed by atoms with Crippen LogP contribution in [0.5, 0.6) is 11.6 Å². The summed E-state index contributed by atoms with van der Waals surface area (Å²) in [7, 11) is 1.99. The summed E-state index contributed by atoms with van der Waals surface area (Å²) in [5, 5.41) is 0. The molecule has 2 bridgehead atoms. The molecular weight excluding hydrogens is 320 g/mol. The van der Waals surface area contributed by atoms with Crippen molar-refractivity contribution in [2.24, 2.45) is 0 Å². The van der Waals surface area contributed by atoms with Crippen molar-refractivity contribution >= 4 is 11.9 Å². The Kier molecular flexibility index (Phi) is 5.15. The summed E-state index contributed by atoms with van der Waals surface area (Å²) in [6.45, 7) is 2.96. The van der Waals surface area contributed by atoms with Gasteiger partial charge in [0.2, 0.25) is 5.88 Å². The first kappa shape index (κ1) is 17.2. The van der Waals surface area contributed by atoms with Crippen LogP contribution in [0.15, 0.2) is 18.3 Å². The molecule has 0 amide bonds. The van der Waals surface area contributed by atoms with Crippen molar-refractivity contribution in [3.63, 3.8) is 0 Å². The van der Waals surface area contributed by atoms with Crippen molar-refractivity contribution in [2.45, 2.75) is 38.6 Å². The molecule has 2 aliphatic rings. The minimum Gasteiger partial charge on any atom is -0.421 e. The van der Waals surface area contributed by atoms with Gasteiger partial charge in [0, 0.05) is 24.6 Å². The van der Waals surface area contributed by atoms with Crippen molar-refractivity contribution in [3.05, 3.63) is 29.5 Å². The van der Waals surface area contributed by atoms with E-state index in [1.165, 1.54) is 6.20 Å². The number of nitrogens with zero attached hydrogens (tertiary/aromatic N) is 2. The Morgan fingerprint density at radius 1 is 1.28 bits per heavy atom. The number of fused-ring (bicyclic) bond motifs is 2. The molecule has 0 aliphatic carbocycles. The van der Waals surface area contributed by atoms with Gasteiger partial charge in [-0.3, -0.25) is 4.90 Å². The monoisotopic (exact) mass is 340 g/mol. The van der Waals surface area contributed by atoms with Crippen LogP contribution in [0.1, 0.15) is 49.8 Å². The Bertz CT molecular complexity index is 789. The Hall–Kier alpha value is -2.65. The molecule has 1 fully saturated rings. The minimum atomic E-state index is -0.649. The first-order chi connectivity index (χ1) is 12.1. The molecule has 1 atom stereocenters. The van der Waals surface area contributed by atoms with E-state index in [1.807, 2.05) is 14.0 Å². The van der Waals surface area contributed by atoms with E-state index in [2.05, 4.69) is 21.7 Å². The maximum absolute atomic E-state index is 12.1. The second-order valence-electron chi connectivity index (χ2n) is 6.09. The molecule has 1 aromatic heterocycles. The van der Waals surface area contributed by atoms with E-state index in [0.717, 1.165) is 44.4 Å². The number of hydrogen-bond donors (Lipinski definition) is 0. The van der Waals surface area contributed by atoms with Gasteiger partial charge >= 0.3 is 11.9 Å². The summed E-state index contributed by atoms with van der Waals surface area (Å²) < 4.78 is 10.9. The van der Waals surface area contributed by atoms with Crippen LogP contribution in [0.25, 0.3) is 0 Å². The van der Waals surface area contributed by atoms with Crippen LogP contribution in [0, 0.1) is 11.8 Å². The van der Waals surface area contributed by atoms with Crippen LogP contribution in [-0.2, 0) is 9.59 Å². The van der Waals surface area contributed by atoms with Crippen LogP contribution in [0.2, 0.25) is 0 Å². The molecule has 3 rings (SSSR count). The zero-order valence-corrected chi connectivity index (χ0v) is 14.4. The molecule has 0 radical (unpaired) electrons. The number of carbonyl (C=O) groups excluding carboxylic acids is 2. The molecule has 1 saturated heterocycles. The van der Waals surface area contributed by atoms with Crippen molar-refractivity contribution in [1.82, 2.24) is 9.88 Å². The third-order valence-electron chi connectivity index (χ3n) is 4.24. The molecular formula is C19H20N2O4. The fraction of sp³-hybridized carbons (Fsp3) is 0.421. The molecule has 1 unspecified atom stereocenters. The van der Waals surface area contributed by atoms with Gasteiger partial charge in [0.05, 0.1) is 17.3 Å². The maximum atomic E-state index is 12.1. The van der Waals surface area contributed by atoms with E-state index in [0.29, 0.717) is 16.9 Å². The number of esters is 2. The van der Waals surface area contributed by atoms with Crippen molar-refractivity contribution in [2.75, 3.05) is 13.6 Å². The summed E-state index contributed by atoms with van der Waals surface area (Å²) in [5.74, 6) is 5.33. The van der Waals surface area contributed by atoms with E-state index in [4.69, 9.17) is 9.47 Å². The Morgan fingerprint density at radius 2 is 2.04 bits per heavy atom. The van der Waals surface area contributed by atoms with Crippen LogP contribution in [0.3, 0.4) is 0 Å². The number of carbonyl (C=O) groups is 2. The summed E-state index contributed by atoms with van der Waals surface area (Å²) in [4.78, 5) is 30.4. The van der Waals surface area contributed by atoms with Gasteiger partial charge in [-0.1, -0.05) is 18.8 Å². The minimum absolute atomic E-state index is 0.0378. The average Bonchev–Trinajstić information content (AvgIpc) is 3.01. The van der Waals surface area contributed by atoms with Gasteiger partial charge in [0.15, 0.2) is 5.75 Å². The first-order valence-electron chi connectivity index (χ1n) is 8.44. The largest absolute Gasteiger partial charge is 0.421 e. The molecule has 0 aromatic carbocycles. The highest BCUT2D eigenvalue weighted by Gasteiger charge is 2.33. The van der Waals surface area contributed by atoms with Gasteiger partial charge in [-0.05, 0) is 32.9 Å². The van der Waals surface area contributed by atoms with E-state index in [9.17, 15) is 9.59 Å². The van der Waals surface area contributed by atoms with Crippen molar-refractivity contribution in [1.29, 1.82) is 0 Å². The van der Waals surface area contributed by atoms with Crippen molar-refractivity contribution in [3.8, 4) is 23.5 Å². The number of aromatic nitrogens is 1. The lowest BCUT2D eigenvalue weighted by molar-refractivity contribution is -0.131. The maximum Gasteiger partial charge on any atom is 0.337 e. The summed E-state index contributed by atoms with van der Waals surface area (Å²) in [5.41, 5.74) is 1.15. The van der Waals surface area contributed by atoms with Crippen molar-refractivity contribution < 1.29 is 19.1 Å². The van der Waals surface area contributed by atoms with Crippen LogP contribution < -0.4 is 9.47 Å². The zero-order valence-electron chi connectivity index (χ0n) is 14.4. The van der Waals surface area contributed by atoms with Crippen LogP contribution in [-0.4, -0.2) is 35.4 Å². The molecule has 25 heavy (non-hydrogen) atoms. The lowest BCUT2D eigenvalue weighted by Crippen LogP contribution is -2.21. The van der Waals surface area contributed by atoms with Gasteiger partial charge in [-0.2, -0.15) is 0 Å². The normalized spacial score (nSPS) is 21.3. The Balaban J connectivity index is 2.17. The number of pyridine rings is 1.